The van der Waals surface area contributed by atoms with Gasteiger partial charge < -0.3 is 19.6 Å². The fraction of sp³-hybridized carbons (Fsp3) is 0.667. The van der Waals surface area contributed by atoms with Crippen LogP contribution in [0.2, 0.25) is 5.02 Å². The van der Waals surface area contributed by atoms with Crippen LogP contribution in [0.3, 0.4) is 0 Å². The quantitative estimate of drug-likeness (QED) is 0.611. The zero-order chi connectivity index (χ0) is 25.5. The SMILES string of the molecule is O=C(O)Cn1cc(Cl)c(C(=O)N2CCCC23CCN(C(=O)OC(C(F)(F)F)C(F)(F)F)CC3)n1. The number of aliphatic carboxylic acids is 1. The summed E-state index contributed by atoms with van der Waals surface area (Å²) < 4.78 is 80.8. The lowest BCUT2D eigenvalue weighted by Crippen LogP contribution is -2.56. The van der Waals surface area contributed by atoms with Gasteiger partial charge >= 0.3 is 24.4 Å². The highest BCUT2D eigenvalue weighted by molar-refractivity contribution is 6.33. The molecule has 2 aliphatic rings. The van der Waals surface area contributed by atoms with Crippen molar-refractivity contribution in [2.24, 2.45) is 0 Å². The van der Waals surface area contributed by atoms with E-state index in [0.717, 1.165) is 9.58 Å². The van der Waals surface area contributed by atoms with Gasteiger partial charge in [-0.25, -0.2) is 4.79 Å². The minimum absolute atomic E-state index is 0.0698. The highest BCUT2D eigenvalue weighted by atomic mass is 35.5. The molecule has 0 atom stereocenters. The molecule has 2 saturated heterocycles. The van der Waals surface area contributed by atoms with Gasteiger partial charge in [0.1, 0.15) is 6.54 Å². The van der Waals surface area contributed by atoms with Crippen molar-refractivity contribution in [2.45, 2.75) is 56.2 Å². The highest BCUT2D eigenvalue weighted by Crippen LogP contribution is 2.41. The maximum absolute atomic E-state index is 13.1. The molecule has 0 aliphatic carbocycles. The second-order valence-corrected chi connectivity index (χ2v) is 8.44. The molecule has 3 rings (SSSR count). The molecule has 1 aromatic heterocycles. The summed E-state index contributed by atoms with van der Waals surface area (Å²) in [5.74, 6) is -1.79. The molecule has 0 saturated carbocycles. The first kappa shape index (κ1) is 25.9. The first-order chi connectivity index (χ1) is 15.6. The molecule has 2 aliphatic heterocycles. The molecule has 190 valence electrons. The van der Waals surface area contributed by atoms with Crippen LogP contribution in [0.4, 0.5) is 31.1 Å². The number of halogens is 7. The summed E-state index contributed by atoms with van der Waals surface area (Å²) in [5.41, 5.74) is -0.981. The number of carboxylic acid groups (broad SMARTS) is 1. The van der Waals surface area contributed by atoms with Gasteiger partial charge in [0.2, 0.25) is 0 Å². The van der Waals surface area contributed by atoms with Crippen molar-refractivity contribution in [3.8, 4) is 0 Å². The first-order valence-electron chi connectivity index (χ1n) is 10.00. The minimum atomic E-state index is -5.82. The molecule has 2 fully saturated rings. The molecular formula is C18H19ClF6N4O5. The van der Waals surface area contributed by atoms with Gasteiger partial charge in [0.05, 0.1) is 5.02 Å². The number of piperidine rings is 1. The van der Waals surface area contributed by atoms with Crippen molar-refractivity contribution in [2.75, 3.05) is 19.6 Å². The van der Waals surface area contributed by atoms with Crippen LogP contribution in [0.25, 0.3) is 0 Å². The van der Waals surface area contributed by atoms with E-state index < -0.39 is 48.5 Å². The van der Waals surface area contributed by atoms with Crippen molar-refractivity contribution in [3.63, 3.8) is 0 Å². The zero-order valence-electron chi connectivity index (χ0n) is 17.3. The number of ether oxygens (including phenoxy) is 1. The Morgan fingerprint density at radius 2 is 1.68 bits per heavy atom. The lowest BCUT2D eigenvalue weighted by Gasteiger charge is -2.44. The Balaban J connectivity index is 1.69. The van der Waals surface area contributed by atoms with Gasteiger partial charge in [0.15, 0.2) is 5.69 Å². The van der Waals surface area contributed by atoms with Gasteiger partial charge in [0.25, 0.3) is 12.0 Å². The number of hydrogen-bond acceptors (Lipinski definition) is 5. The summed E-state index contributed by atoms with van der Waals surface area (Å²) in [6, 6.07) is 0. The number of rotatable bonds is 4. The normalized spacial score (nSPS) is 18.6. The molecule has 1 aromatic rings. The summed E-state index contributed by atoms with van der Waals surface area (Å²) >= 11 is 6.04. The standard InChI is InChI=1S/C18H19ClF6N4O5/c19-10-8-28(9-11(30)31)26-12(10)13(32)29-5-1-2-16(29)3-6-27(7-4-16)15(33)34-14(17(20,21)22)18(23,24)25/h8,14H,1-7,9H2,(H,30,31). The fourth-order valence-electron chi connectivity index (χ4n) is 4.26. The van der Waals surface area contributed by atoms with Crippen LogP contribution in [0.5, 0.6) is 0 Å². The molecule has 16 heteroatoms. The van der Waals surface area contributed by atoms with Crippen molar-refractivity contribution in [1.82, 2.24) is 19.6 Å². The summed E-state index contributed by atoms with van der Waals surface area (Å²) in [7, 11) is 0. The van der Waals surface area contributed by atoms with E-state index in [-0.39, 0.29) is 43.2 Å². The van der Waals surface area contributed by atoms with E-state index in [1.165, 1.54) is 11.1 Å². The fourth-order valence-corrected chi connectivity index (χ4v) is 4.50. The van der Waals surface area contributed by atoms with E-state index in [2.05, 4.69) is 9.84 Å². The van der Waals surface area contributed by atoms with E-state index in [1.807, 2.05) is 0 Å². The summed E-state index contributed by atoms with van der Waals surface area (Å²) in [6.45, 7) is -0.694. The molecule has 0 bridgehead atoms. The number of nitrogens with zero attached hydrogens (tertiary/aromatic N) is 4. The Morgan fingerprint density at radius 1 is 1.09 bits per heavy atom. The number of aromatic nitrogens is 2. The first-order valence-corrected chi connectivity index (χ1v) is 10.4. The summed E-state index contributed by atoms with van der Waals surface area (Å²) in [5, 5.41) is 12.7. The summed E-state index contributed by atoms with van der Waals surface area (Å²) in [4.78, 5) is 38.2. The number of carbonyl (C=O) groups excluding carboxylic acids is 2. The number of hydrogen-bond donors (Lipinski definition) is 1. The van der Waals surface area contributed by atoms with Gasteiger partial charge in [-0.05, 0) is 25.7 Å². The van der Waals surface area contributed by atoms with Gasteiger partial charge in [0, 0.05) is 31.4 Å². The van der Waals surface area contributed by atoms with E-state index in [1.54, 1.807) is 0 Å². The molecule has 0 aromatic carbocycles. The van der Waals surface area contributed by atoms with Gasteiger partial charge in [-0.1, -0.05) is 11.6 Å². The Hall–Kier alpha value is -2.71. The third kappa shape index (κ3) is 5.33. The number of likely N-dealkylation sites (tertiary alicyclic amines) is 2. The molecule has 9 nitrogen and oxygen atoms in total. The Morgan fingerprint density at radius 3 is 2.21 bits per heavy atom. The molecule has 0 radical (unpaired) electrons. The topological polar surface area (TPSA) is 105 Å². The number of carbonyl (C=O) groups is 3. The van der Waals surface area contributed by atoms with Crippen LogP contribution in [-0.2, 0) is 16.1 Å². The van der Waals surface area contributed by atoms with E-state index in [9.17, 15) is 40.7 Å². The van der Waals surface area contributed by atoms with Crippen molar-refractivity contribution < 1.29 is 50.6 Å². The highest BCUT2D eigenvalue weighted by Gasteiger charge is 2.60. The molecule has 1 spiro atoms. The largest absolute Gasteiger partial charge is 0.480 e. The van der Waals surface area contributed by atoms with Crippen LogP contribution >= 0.6 is 11.6 Å². The summed E-state index contributed by atoms with van der Waals surface area (Å²) in [6.07, 6.45) is -15.2. The van der Waals surface area contributed by atoms with Crippen LogP contribution in [0, 0.1) is 0 Å². The van der Waals surface area contributed by atoms with E-state index >= 15 is 0 Å². The monoisotopic (exact) mass is 520 g/mol. The lowest BCUT2D eigenvalue weighted by atomic mass is 9.85. The third-order valence-corrected chi connectivity index (χ3v) is 6.10. The predicted molar refractivity (Wildman–Crippen MR) is 101 cm³/mol. The van der Waals surface area contributed by atoms with Crippen LogP contribution in [-0.4, -0.2) is 86.3 Å². The lowest BCUT2D eigenvalue weighted by molar-refractivity contribution is -0.308. The number of amides is 2. The molecule has 34 heavy (non-hydrogen) atoms. The van der Waals surface area contributed by atoms with Gasteiger partial charge in [-0.3, -0.25) is 14.3 Å². The maximum atomic E-state index is 13.1. The second kappa shape index (κ2) is 9.15. The Labute approximate surface area is 193 Å². The third-order valence-electron chi connectivity index (χ3n) is 5.82. The molecule has 3 heterocycles. The van der Waals surface area contributed by atoms with Crippen molar-refractivity contribution in [3.05, 3.63) is 16.9 Å². The average Bonchev–Trinajstić information content (AvgIpc) is 3.27. The minimum Gasteiger partial charge on any atom is -0.480 e. The second-order valence-electron chi connectivity index (χ2n) is 8.04. The Kier molecular flexibility index (Phi) is 6.97. The average molecular weight is 521 g/mol. The van der Waals surface area contributed by atoms with E-state index in [0.29, 0.717) is 12.8 Å². The van der Waals surface area contributed by atoms with Crippen molar-refractivity contribution >= 4 is 29.6 Å². The molecule has 1 N–H and O–H groups in total. The smallest absolute Gasteiger partial charge is 0.434 e. The zero-order valence-corrected chi connectivity index (χ0v) is 18.1. The molecule has 0 unspecified atom stereocenters. The molecule has 2 amide bonds. The Bertz CT molecular complexity index is 944. The van der Waals surface area contributed by atoms with Gasteiger partial charge in [-0.2, -0.15) is 31.4 Å². The molecular weight excluding hydrogens is 502 g/mol. The van der Waals surface area contributed by atoms with Crippen LogP contribution in [0.15, 0.2) is 6.20 Å². The van der Waals surface area contributed by atoms with Crippen LogP contribution in [0.1, 0.15) is 36.2 Å². The van der Waals surface area contributed by atoms with Gasteiger partial charge in [-0.15, -0.1) is 0 Å². The van der Waals surface area contributed by atoms with Crippen molar-refractivity contribution in [1.29, 1.82) is 0 Å². The van der Waals surface area contributed by atoms with Crippen LogP contribution < -0.4 is 0 Å². The maximum Gasteiger partial charge on any atom is 0.434 e. The number of carboxylic acids is 1. The van der Waals surface area contributed by atoms with E-state index in [4.69, 9.17) is 16.7 Å². The predicted octanol–water partition coefficient (Wildman–Crippen LogP) is 3.32. The number of alkyl halides is 6.